The third-order valence-electron chi connectivity index (χ3n) is 4.15. The van der Waals surface area contributed by atoms with E-state index in [1.54, 1.807) is 0 Å². The molecule has 2 rings (SSSR count). The van der Waals surface area contributed by atoms with Crippen LogP contribution >= 0.6 is 15.9 Å². The van der Waals surface area contributed by atoms with Crippen LogP contribution in [-0.4, -0.2) is 32.1 Å². The Balaban J connectivity index is 1.60. The van der Waals surface area contributed by atoms with Crippen molar-refractivity contribution in [3.8, 4) is 5.75 Å². The maximum atomic E-state index is 12.0. The maximum Gasteiger partial charge on any atom is 0.220 e. The Kier molecular flexibility index (Phi) is 7.19. The molecule has 2 N–H and O–H groups in total. The molecule has 4 nitrogen and oxygen atoms in total. The van der Waals surface area contributed by atoms with E-state index in [9.17, 15) is 4.79 Å². The fraction of sp³-hybridized carbons (Fsp3) is 0.588. The first kappa shape index (κ1) is 17.3. The Labute approximate surface area is 141 Å². The van der Waals surface area contributed by atoms with Gasteiger partial charge in [-0.25, -0.2) is 0 Å². The number of carbonyl (C=O) groups excluding carboxylic acids is 1. The monoisotopic (exact) mass is 368 g/mol. The maximum absolute atomic E-state index is 12.0. The molecule has 0 aliphatic carbocycles. The normalized spacial score (nSPS) is 19.5. The van der Waals surface area contributed by atoms with E-state index in [2.05, 4.69) is 33.5 Å². The number of piperidine rings is 1. The molecule has 22 heavy (non-hydrogen) atoms. The van der Waals surface area contributed by atoms with Crippen molar-refractivity contribution >= 4 is 21.8 Å². The van der Waals surface area contributed by atoms with Gasteiger partial charge in [0.2, 0.25) is 5.91 Å². The van der Waals surface area contributed by atoms with E-state index in [-0.39, 0.29) is 5.91 Å². The quantitative estimate of drug-likeness (QED) is 0.727. The summed E-state index contributed by atoms with van der Waals surface area (Å²) < 4.78 is 6.61. The van der Waals surface area contributed by atoms with Gasteiger partial charge in [-0.3, -0.25) is 4.79 Å². The number of hydrogen-bond acceptors (Lipinski definition) is 3. The van der Waals surface area contributed by atoms with E-state index in [4.69, 9.17) is 4.74 Å². The first-order valence-electron chi connectivity index (χ1n) is 8.01. The van der Waals surface area contributed by atoms with Crippen LogP contribution in [0.15, 0.2) is 28.7 Å². The van der Waals surface area contributed by atoms with Gasteiger partial charge in [-0.2, -0.15) is 0 Å². The zero-order chi connectivity index (χ0) is 15.8. The van der Waals surface area contributed by atoms with Gasteiger partial charge in [-0.15, -0.1) is 0 Å². The second-order valence-electron chi connectivity index (χ2n) is 5.94. The zero-order valence-corrected chi connectivity index (χ0v) is 14.7. The molecule has 0 bridgehead atoms. The van der Waals surface area contributed by atoms with Crippen LogP contribution in [0.5, 0.6) is 5.75 Å². The number of nitrogens with one attached hydrogen (secondary N) is 2. The summed E-state index contributed by atoms with van der Waals surface area (Å²) in [6.45, 7) is 5.37. The molecule has 1 aliphatic heterocycles. The largest absolute Gasteiger partial charge is 0.492 e. The van der Waals surface area contributed by atoms with E-state index in [0.29, 0.717) is 31.4 Å². The third-order valence-corrected chi connectivity index (χ3v) is 4.68. The highest BCUT2D eigenvalue weighted by molar-refractivity contribution is 9.10. The van der Waals surface area contributed by atoms with Crippen LogP contribution in [0.3, 0.4) is 0 Å². The van der Waals surface area contributed by atoms with Crippen LogP contribution < -0.4 is 15.4 Å². The molecule has 122 valence electrons. The summed E-state index contributed by atoms with van der Waals surface area (Å²) in [5.74, 6) is 2.00. The van der Waals surface area contributed by atoms with Gasteiger partial charge < -0.3 is 15.4 Å². The molecule has 2 atom stereocenters. The summed E-state index contributed by atoms with van der Waals surface area (Å²) in [5.41, 5.74) is 0. The Morgan fingerprint density at radius 2 is 2.23 bits per heavy atom. The topological polar surface area (TPSA) is 50.4 Å². The van der Waals surface area contributed by atoms with Crippen molar-refractivity contribution in [3.05, 3.63) is 28.7 Å². The average molecular weight is 369 g/mol. The molecular weight excluding hydrogens is 344 g/mol. The van der Waals surface area contributed by atoms with Crippen molar-refractivity contribution < 1.29 is 9.53 Å². The van der Waals surface area contributed by atoms with E-state index in [1.807, 2.05) is 24.3 Å². The predicted molar refractivity (Wildman–Crippen MR) is 92.0 cm³/mol. The van der Waals surface area contributed by atoms with E-state index in [0.717, 1.165) is 23.3 Å². The van der Waals surface area contributed by atoms with Gasteiger partial charge in [-0.1, -0.05) is 22.9 Å². The number of rotatable bonds is 7. The molecule has 1 amide bonds. The minimum atomic E-state index is 0.123. The second-order valence-corrected chi connectivity index (χ2v) is 6.86. The molecule has 0 radical (unpaired) electrons. The molecule has 0 spiro atoms. The average Bonchev–Trinajstić information content (AvgIpc) is 2.54. The van der Waals surface area contributed by atoms with Crippen LogP contribution in [-0.2, 0) is 4.79 Å². The zero-order valence-electron chi connectivity index (χ0n) is 13.1. The molecule has 1 aliphatic rings. The summed E-state index contributed by atoms with van der Waals surface area (Å²) in [7, 11) is 0. The summed E-state index contributed by atoms with van der Waals surface area (Å²) in [5, 5.41) is 6.35. The molecule has 1 fully saturated rings. The van der Waals surface area contributed by atoms with Crippen molar-refractivity contribution in [3.63, 3.8) is 0 Å². The van der Waals surface area contributed by atoms with Crippen LogP contribution in [0.4, 0.5) is 0 Å². The Morgan fingerprint density at radius 1 is 1.45 bits per heavy atom. The second kappa shape index (κ2) is 9.16. The first-order valence-corrected chi connectivity index (χ1v) is 8.80. The highest BCUT2D eigenvalue weighted by Crippen LogP contribution is 2.22. The standard InChI is InChI=1S/C17H25BrN2O2/c1-13(14-3-2-8-19-12-14)11-17(21)20-9-10-22-16-6-4-15(18)5-7-16/h4-7,13-14,19H,2-3,8-12H2,1H3,(H,20,21). The minimum absolute atomic E-state index is 0.123. The molecule has 1 aromatic rings. The van der Waals surface area contributed by atoms with Crippen molar-refractivity contribution in [2.24, 2.45) is 11.8 Å². The van der Waals surface area contributed by atoms with Crippen molar-refractivity contribution in [2.75, 3.05) is 26.2 Å². The number of benzene rings is 1. The van der Waals surface area contributed by atoms with Crippen LogP contribution in [0.2, 0.25) is 0 Å². The molecule has 1 heterocycles. The predicted octanol–water partition coefficient (Wildman–Crippen LogP) is 2.97. The number of halogens is 1. The van der Waals surface area contributed by atoms with Crippen LogP contribution in [0.25, 0.3) is 0 Å². The highest BCUT2D eigenvalue weighted by atomic mass is 79.9. The Morgan fingerprint density at radius 3 is 2.91 bits per heavy atom. The van der Waals surface area contributed by atoms with Crippen LogP contribution in [0.1, 0.15) is 26.2 Å². The van der Waals surface area contributed by atoms with Gasteiger partial charge in [0.15, 0.2) is 0 Å². The van der Waals surface area contributed by atoms with Crippen molar-refractivity contribution in [1.29, 1.82) is 0 Å². The smallest absolute Gasteiger partial charge is 0.220 e. The van der Waals surface area contributed by atoms with Gasteiger partial charge in [0, 0.05) is 10.9 Å². The van der Waals surface area contributed by atoms with Gasteiger partial charge in [0.1, 0.15) is 12.4 Å². The Bertz CT molecular complexity index is 458. The Hall–Kier alpha value is -1.07. The van der Waals surface area contributed by atoms with Crippen molar-refractivity contribution in [1.82, 2.24) is 10.6 Å². The number of carbonyl (C=O) groups is 1. The molecular formula is C17H25BrN2O2. The number of amides is 1. The SMILES string of the molecule is CC(CC(=O)NCCOc1ccc(Br)cc1)C1CCCNC1. The lowest BCUT2D eigenvalue weighted by molar-refractivity contribution is -0.122. The summed E-state index contributed by atoms with van der Waals surface area (Å²) in [6, 6.07) is 7.69. The first-order chi connectivity index (χ1) is 10.6. The number of ether oxygens (including phenoxy) is 1. The van der Waals surface area contributed by atoms with E-state index >= 15 is 0 Å². The molecule has 0 aromatic heterocycles. The third kappa shape index (κ3) is 5.97. The van der Waals surface area contributed by atoms with Gasteiger partial charge >= 0.3 is 0 Å². The fourth-order valence-electron chi connectivity index (χ4n) is 2.79. The summed E-state index contributed by atoms with van der Waals surface area (Å²) in [6.07, 6.45) is 3.05. The fourth-order valence-corrected chi connectivity index (χ4v) is 3.05. The summed E-state index contributed by atoms with van der Waals surface area (Å²) >= 11 is 3.38. The highest BCUT2D eigenvalue weighted by Gasteiger charge is 2.21. The van der Waals surface area contributed by atoms with Gasteiger partial charge in [-0.05, 0) is 62.0 Å². The molecule has 5 heteroatoms. The lowest BCUT2D eigenvalue weighted by Gasteiger charge is -2.28. The minimum Gasteiger partial charge on any atom is -0.492 e. The van der Waals surface area contributed by atoms with Crippen LogP contribution in [0, 0.1) is 11.8 Å². The lowest BCUT2D eigenvalue weighted by atomic mass is 9.85. The van der Waals surface area contributed by atoms with E-state index < -0.39 is 0 Å². The van der Waals surface area contributed by atoms with E-state index in [1.165, 1.54) is 12.8 Å². The summed E-state index contributed by atoms with van der Waals surface area (Å²) in [4.78, 5) is 12.0. The molecule has 0 saturated carbocycles. The lowest BCUT2D eigenvalue weighted by Crippen LogP contribution is -2.36. The van der Waals surface area contributed by atoms with Gasteiger partial charge in [0.05, 0.1) is 6.54 Å². The molecule has 2 unspecified atom stereocenters. The van der Waals surface area contributed by atoms with Gasteiger partial charge in [0.25, 0.3) is 0 Å². The molecule has 1 saturated heterocycles. The van der Waals surface area contributed by atoms with Crippen molar-refractivity contribution in [2.45, 2.75) is 26.2 Å². The molecule has 1 aromatic carbocycles. The number of hydrogen-bond donors (Lipinski definition) is 2.